The van der Waals surface area contributed by atoms with E-state index < -0.39 is 0 Å². The average molecular weight is 586 g/mol. The molecule has 2 heteroatoms. The fourth-order valence-electron chi connectivity index (χ4n) is 8.79. The van der Waals surface area contributed by atoms with Gasteiger partial charge in [-0.1, -0.05) is 146 Å². The van der Waals surface area contributed by atoms with Crippen LogP contribution in [0.3, 0.4) is 0 Å². The van der Waals surface area contributed by atoms with Gasteiger partial charge in [0.25, 0.3) is 0 Å². The smallest absolute Gasteiger partial charge is 0.328 e. The third-order valence-electron chi connectivity index (χ3n) is 11.3. The molecule has 5 aromatic carbocycles. The zero-order valence-electron chi connectivity index (χ0n) is 28.3. The van der Waals surface area contributed by atoms with Crippen LogP contribution in [0, 0.1) is 0 Å². The number of fused-ring (bicyclic) bond motifs is 7. The first-order valence-corrected chi connectivity index (χ1v) is 16.7. The first kappa shape index (κ1) is 28.4. The van der Waals surface area contributed by atoms with Gasteiger partial charge in [0.05, 0.1) is 0 Å². The van der Waals surface area contributed by atoms with Gasteiger partial charge in [0, 0.05) is 22.2 Å². The van der Waals surface area contributed by atoms with Crippen molar-refractivity contribution < 1.29 is 0 Å². The zero-order valence-corrected chi connectivity index (χ0v) is 28.3. The third-order valence-corrected chi connectivity index (χ3v) is 11.3. The molecular weight excluding hydrogens is 541 g/mol. The lowest BCUT2D eigenvalue weighted by atomic mass is 9.40. The zero-order chi connectivity index (χ0) is 31.7. The summed E-state index contributed by atoms with van der Waals surface area (Å²) in [5.41, 5.74) is 17.9. The van der Waals surface area contributed by atoms with Crippen LogP contribution in [-0.2, 0) is 21.7 Å². The SMILES string of the molecule is CC(C)(C)c1ccc2c(c1)N(B1c3ccccc3C3(C)c4ccccc4-c4cccc1c43)c1cc(C(C)(C)C)ccc1C2(C)C. The molecule has 2 heterocycles. The maximum atomic E-state index is 2.73. The van der Waals surface area contributed by atoms with Crippen molar-refractivity contribution in [3.63, 3.8) is 0 Å². The second-order valence-electron chi connectivity index (χ2n) is 16.4. The predicted molar refractivity (Wildman–Crippen MR) is 193 cm³/mol. The number of rotatable bonds is 1. The van der Waals surface area contributed by atoms with E-state index in [0.29, 0.717) is 0 Å². The van der Waals surface area contributed by atoms with Gasteiger partial charge >= 0.3 is 6.85 Å². The molecule has 8 rings (SSSR count). The number of anilines is 2. The summed E-state index contributed by atoms with van der Waals surface area (Å²) in [6, 6.07) is 40.1. The van der Waals surface area contributed by atoms with Crippen molar-refractivity contribution in [3.8, 4) is 11.1 Å². The minimum atomic E-state index is -0.198. The van der Waals surface area contributed by atoms with Crippen LogP contribution in [0.25, 0.3) is 11.1 Å². The summed E-state index contributed by atoms with van der Waals surface area (Å²) in [6.07, 6.45) is 0. The van der Waals surface area contributed by atoms with Crippen molar-refractivity contribution in [1.82, 2.24) is 0 Å². The van der Waals surface area contributed by atoms with E-state index in [2.05, 4.69) is 170 Å². The lowest BCUT2D eigenvalue weighted by Crippen LogP contribution is -2.63. The normalized spacial score (nSPS) is 19.0. The lowest BCUT2D eigenvalue weighted by molar-refractivity contribution is 0.582. The Kier molecular flexibility index (Phi) is 5.71. The van der Waals surface area contributed by atoms with E-state index in [0.717, 1.165) is 0 Å². The molecule has 0 amide bonds. The number of benzene rings is 5. The summed E-state index contributed by atoms with van der Waals surface area (Å²) in [6.45, 7) is 21.3. The lowest BCUT2D eigenvalue weighted by Gasteiger charge is -2.49. The second-order valence-corrected chi connectivity index (χ2v) is 16.4. The van der Waals surface area contributed by atoms with Crippen molar-refractivity contribution in [1.29, 1.82) is 0 Å². The van der Waals surface area contributed by atoms with Gasteiger partial charge in [-0.25, -0.2) is 0 Å². The molecule has 45 heavy (non-hydrogen) atoms. The Morgan fingerprint density at radius 1 is 0.511 bits per heavy atom. The van der Waals surface area contributed by atoms with Crippen molar-refractivity contribution >= 4 is 29.1 Å². The largest absolute Gasteiger partial charge is 0.376 e. The molecule has 0 aromatic heterocycles. The van der Waals surface area contributed by atoms with Gasteiger partial charge in [-0.05, 0) is 90.9 Å². The van der Waals surface area contributed by atoms with Gasteiger partial charge in [0.2, 0.25) is 0 Å². The second kappa shape index (κ2) is 9.03. The van der Waals surface area contributed by atoms with Crippen molar-refractivity contribution in [2.75, 3.05) is 4.81 Å². The van der Waals surface area contributed by atoms with E-state index in [9.17, 15) is 0 Å². The molecule has 1 unspecified atom stereocenters. The van der Waals surface area contributed by atoms with Crippen LogP contribution in [0.2, 0.25) is 0 Å². The fraction of sp³-hybridized carbons (Fsp3) is 0.302. The summed E-state index contributed by atoms with van der Waals surface area (Å²) in [5, 5.41) is 0. The minimum absolute atomic E-state index is 0.0388. The van der Waals surface area contributed by atoms with E-state index in [-0.39, 0.29) is 28.5 Å². The van der Waals surface area contributed by atoms with Crippen LogP contribution in [0.15, 0.2) is 103 Å². The number of hydrogen-bond donors (Lipinski definition) is 0. The average Bonchev–Trinajstić information content (AvgIpc) is 3.27. The van der Waals surface area contributed by atoms with E-state index in [1.54, 1.807) is 0 Å². The van der Waals surface area contributed by atoms with Crippen LogP contribution in [0.1, 0.15) is 101 Å². The van der Waals surface area contributed by atoms with Crippen LogP contribution in [0.4, 0.5) is 11.4 Å². The van der Waals surface area contributed by atoms with E-state index >= 15 is 0 Å². The molecular formula is C43H44BN. The minimum Gasteiger partial charge on any atom is -0.376 e. The molecule has 0 saturated carbocycles. The first-order chi connectivity index (χ1) is 21.2. The Morgan fingerprint density at radius 3 is 1.62 bits per heavy atom. The molecule has 0 spiro atoms. The van der Waals surface area contributed by atoms with Gasteiger partial charge in [-0.15, -0.1) is 0 Å². The number of hydrogen-bond acceptors (Lipinski definition) is 1. The molecule has 0 radical (unpaired) electrons. The summed E-state index contributed by atoms with van der Waals surface area (Å²) in [5.74, 6) is 0. The van der Waals surface area contributed by atoms with Gasteiger partial charge in [-0.3, -0.25) is 0 Å². The Morgan fingerprint density at radius 2 is 1.02 bits per heavy atom. The first-order valence-electron chi connectivity index (χ1n) is 16.7. The molecule has 0 fully saturated rings. The Labute approximate surface area is 270 Å². The van der Waals surface area contributed by atoms with Gasteiger partial charge in [0.15, 0.2) is 0 Å². The third kappa shape index (κ3) is 3.75. The van der Waals surface area contributed by atoms with Gasteiger partial charge in [-0.2, -0.15) is 0 Å². The van der Waals surface area contributed by atoms with Gasteiger partial charge in [0.1, 0.15) is 0 Å². The molecule has 0 bridgehead atoms. The molecule has 224 valence electrons. The fourth-order valence-corrected chi connectivity index (χ4v) is 8.79. The molecule has 1 aliphatic carbocycles. The maximum Gasteiger partial charge on any atom is 0.328 e. The Balaban J connectivity index is 1.50. The van der Waals surface area contributed by atoms with Crippen molar-refractivity contribution in [2.24, 2.45) is 0 Å². The summed E-state index contributed by atoms with van der Waals surface area (Å²) in [4.78, 5) is 2.73. The molecule has 1 atom stereocenters. The van der Waals surface area contributed by atoms with Crippen molar-refractivity contribution in [2.45, 2.75) is 84.0 Å². The molecule has 0 N–H and O–H groups in total. The Hall–Kier alpha value is -4.04. The van der Waals surface area contributed by atoms with Crippen LogP contribution in [-0.4, -0.2) is 6.85 Å². The predicted octanol–water partition coefficient (Wildman–Crippen LogP) is 9.51. The van der Waals surface area contributed by atoms with E-state index in [1.165, 1.54) is 72.4 Å². The van der Waals surface area contributed by atoms with E-state index in [4.69, 9.17) is 0 Å². The highest BCUT2D eigenvalue weighted by atomic mass is 15.1. The van der Waals surface area contributed by atoms with Crippen molar-refractivity contribution in [3.05, 3.63) is 142 Å². The maximum absolute atomic E-state index is 2.73. The molecule has 2 aliphatic heterocycles. The van der Waals surface area contributed by atoms with Gasteiger partial charge < -0.3 is 4.81 Å². The highest BCUT2D eigenvalue weighted by molar-refractivity contribution is 6.90. The molecule has 1 nitrogen and oxygen atoms in total. The molecule has 3 aliphatic rings. The van der Waals surface area contributed by atoms with Crippen LogP contribution in [0.5, 0.6) is 0 Å². The van der Waals surface area contributed by atoms with E-state index in [1.807, 2.05) is 0 Å². The summed E-state index contributed by atoms with van der Waals surface area (Å²) < 4.78 is 0. The number of nitrogens with zero attached hydrogens (tertiary/aromatic N) is 1. The topological polar surface area (TPSA) is 3.24 Å². The highest BCUT2D eigenvalue weighted by Gasteiger charge is 2.52. The summed E-state index contributed by atoms with van der Waals surface area (Å²) in [7, 11) is 0. The van der Waals surface area contributed by atoms with Crippen LogP contribution >= 0.6 is 0 Å². The quantitative estimate of drug-likeness (QED) is 0.177. The van der Waals surface area contributed by atoms with Crippen LogP contribution < -0.4 is 15.7 Å². The molecule has 0 saturated heterocycles. The summed E-state index contributed by atoms with van der Waals surface area (Å²) >= 11 is 0. The standard InChI is InChI=1S/C43H44BN/c1-40(2,3)27-21-23-33-37(25-27)45(38-26-28(41(4,5)6)22-24-34(38)42(33,7)8)44-35-19-13-12-18-32(35)43(9)31-17-11-10-15-29(31)30-16-14-20-36(44)39(30)43/h10-26H,1-9H3. The monoisotopic (exact) mass is 585 g/mol. The Bertz CT molecular complexity index is 1970. The highest BCUT2D eigenvalue weighted by Crippen LogP contribution is 2.55. The molecule has 5 aromatic rings.